The molecule has 0 aliphatic heterocycles. The number of para-hydroxylation sites is 1. The molecule has 0 saturated carbocycles. The topological polar surface area (TPSA) is 40.7 Å². The van der Waals surface area contributed by atoms with E-state index >= 15 is 0 Å². The molecule has 2 aromatic carbocycles. The fraction of sp³-hybridized carbons (Fsp3) is 0.0714. The zero-order valence-corrected chi connectivity index (χ0v) is 9.87. The van der Waals surface area contributed by atoms with Crippen LogP contribution in [0.1, 0.15) is 0 Å². The number of imidazole rings is 1. The first-order valence-corrected chi connectivity index (χ1v) is 5.70. The number of nitrogens with zero attached hydrogens (tertiary/aromatic N) is 1. The van der Waals surface area contributed by atoms with Crippen molar-refractivity contribution in [3.8, 4) is 11.4 Å². The van der Waals surface area contributed by atoms with Gasteiger partial charge in [0.15, 0.2) is 5.82 Å². The van der Waals surface area contributed by atoms with E-state index in [9.17, 15) is 4.39 Å². The second-order valence-corrected chi connectivity index (χ2v) is 4.05. The average Bonchev–Trinajstić information content (AvgIpc) is 2.84. The fourth-order valence-corrected chi connectivity index (χ4v) is 1.93. The largest absolute Gasteiger partial charge is 0.388 e. The highest BCUT2D eigenvalue weighted by atomic mass is 19.1. The van der Waals surface area contributed by atoms with Crippen LogP contribution in [0.2, 0.25) is 0 Å². The molecule has 0 spiro atoms. The van der Waals surface area contributed by atoms with Crippen molar-refractivity contribution in [2.45, 2.75) is 0 Å². The summed E-state index contributed by atoms with van der Waals surface area (Å²) < 4.78 is 13.5. The van der Waals surface area contributed by atoms with Crippen molar-refractivity contribution in [2.75, 3.05) is 12.4 Å². The lowest BCUT2D eigenvalue weighted by Gasteiger charge is -2.00. The molecule has 90 valence electrons. The van der Waals surface area contributed by atoms with Gasteiger partial charge in [0.2, 0.25) is 0 Å². The second-order valence-electron chi connectivity index (χ2n) is 4.05. The van der Waals surface area contributed by atoms with Crippen LogP contribution in [0.3, 0.4) is 0 Å². The Morgan fingerprint density at radius 2 is 1.89 bits per heavy atom. The van der Waals surface area contributed by atoms with Crippen molar-refractivity contribution in [3.05, 3.63) is 48.3 Å². The number of rotatable bonds is 2. The minimum atomic E-state index is -0.304. The monoisotopic (exact) mass is 241 g/mol. The van der Waals surface area contributed by atoms with E-state index in [1.54, 1.807) is 6.07 Å². The van der Waals surface area contributed by atoms with Crippen molar-refractivity contribution in [3.63, 3.8) is 0 Å². The summed E-state index contributed by atoms with van der Waals surface area (Å²) in [6.45, 7) is 0. The molecule has 18 heavy (non-hydrogen) atoms. The summed E-state index contributed by atoms with van der Waals surface area (Å²) >= 11 is 0. The van der Waals surface area contributed by atoms with Crippen LogP contribution in [0.25, 0.3) is 22.4 Å². The quantitative estimate of drug-likeness (QED) is 0.721. The number of aromatic nitrogens is 2. The van der Waals surface area contributed by atoms with Gasteiger partial charge < -0.3 is 10.3 Å². The fourth-order valence-electron chi connectivity index (χ4n) is 1.93. The van der Waals surface area contributed by atoms with E-state index in [4.69, 9.17) is 0 Å². The molecule has 1 aromatic heterocycles. The molecule has 3 nitrogen and oxygen atoms in total. The smallest absolute Gasteiger partial charge is 0.151 e. The maximum Gasteiger partial charge on any atom is 0.151 e. The molecule has 0 bridgehead atoms. The minimum absolute atomic E-state index is 0.304. The zero-order valence-electron chi connectivity index (χ0n) is 9.87. The number of anilines is 1. The van der Waals surface area contributed by atoms with Crippen molar-refractivity contribution in [2.24, 2.45) is 0 Å². The highest BCUT2D eigenvalue weighted by molar-refractivity contribution is 5.80. The lowest BCUT2D eigenvalue weighted by molar-refractivity contribution is 0.637. The van der Waals surface area contributed by atoms with E-state index < -0.39 is 0 Å². The van der Waals surface area contributed by atoms with Crippen molar-refractivity contribution in [1.29, 1.82) is 0 Å². The van der Waals surface area contributed by atoms with Crippen LogP contribution in [0.4, 0.5) is 10.1 Å². The summed E-state index contributed by atoms with van der Waals surface area (Å²) in [6, 6.07) is 12.7. The van der Waals surface area contributed by atoms with E-state index in [0.29, 0.717) is 16.9 Å². The highest BCUT2D eigenvalue weighted by Crippen LogP contribution is 2.23. The number of nitrogens with one attached hydrogen (secondary N) is 2. The maximum absolute atomic E-state index is 13.5. The molecule has 0 amide bonds. The molecule has 0 unspecified atom stereocenters. The molecule has 4 heteroatoms. The number of hydrogen-bond acceptors (Lipinski definition) is 2. The van der Waals surface area contributed by atoms with Gasteiger partial charge in [-0.25, -0.2) is 9.37 Å². The van der Waals surface area contributed by atoms with Gasteiger partial charge in [-0.3, -0.25) is 0 Å². The average molecular weight is 241 g/mol. The molecule has 0 aliphatic rings. The van der Waals surface area contributed by atoms with E-state index in [0.717, 1.165) is 11.3 Å². The molecule has 0 saturated heterocycles. The number of hydrogen-bond donors (Lipinski definition) is 2. The Bertz CT molecular complexity index is 686. The molecule has 0 fully saturated rings. The first-order chi connectivity index (χ1) is 8.78. The Balaban J connectivity index is 2.10. The van der Waals surface area contributed by atoms with Crippen molar-refractivity contribution >= 4 is 16.7 Å². The van der Waals surface area contributed by atoms with Gasteiger partial charge in [0.25, 0.3) is 0 Å². The zero-order chi connectivity index (χ0) is 12.5. The summed E-state index contributed by atoms with van der Waals surface area (Å²) in [4.78, 5) is 7.41. The van der Waals surface area contributed by atoms with Gasteiger partial charge in [-0.15, -0.1) is 0 Å². The summed E-state index contributed by atoms with van der Waals surface area (Å²) in [5.41, 5.74) is 3.05. The summed E-state index contributed by atoms with van der Waals surface area (Å²) in [7, 11) is 1.87. The van der Waals surface area contributed by atoms with Gasteiger partial charge in [-0.1, -0.05) is 6.07 Å². The minimum Gasteiger partial charge on any atom is -0.388 e. The molecule has 3 aromatic rings. The number of halogens is 1. The maximum atomic E-state index is 13.5. The molecule has 0 aliphatic carbocycles. The third kappa shape index (κ3) is 1.72. The third-order valence-electron chi connectivity index (χ3n) is 2.91. The van der Waals surface area contributed by atoms with Crippen LogP contribution >= 0.6 is 0 Å². The van der Waals surface area contributed by atoms with Crippen molar-refractivity contribution < 1.29 is 4.39 Å². The Kier molecular flexibility index (Phi) is 2.48. The van der Waals surface area contributed by atoms with Gasteiger partial charge >= 0.3 is 0 Å². The number of benzene rings is 2. The lowest BCUT2D eigenvalue weighted by atomic mass is 10.2. The number of fused-ring (bicyclic) bond motifs is 1. The van der Waals surface area contributed by atoms with Crippen LogP contribution in [-0.2, 0) is 0 Å². The molecule has 1 heterocycles. The number of H-pyrrole nitrogens is 1. The SMILES string of the molecule is CNc1ccc(-c2nc3c(F)cccc3[nH]2)cc1. The first-order valence-electron chi connectivity index (χ1n) is 5.70. The van der Waals surface area contributed by atoms with Gasteiger partial charge in [0, 0.05) is 18.3 Å². The Labute approximate surface area is 104 Å². The molecular formula is C14H12FN3. The standard InChI is InChI=1S/C14H12FN3/c1-16-10-7-5-9(6-8-10)14-17-12-4-2-3-11(15)13(12)18-14/h2-8,16H,1H3,(H,17,18). The van der Waals surface area contributed by atoms with E-state index in [-0.39, 0.29) is 5.82 Å². The van der Waals surface area contributed by atoms with Gasteiger partial charge in [-0.05, 0) is 36.4 Å². The van der Waals surface area contributed by atoms with Crippen LogP contribution in [-0.4, -0.2) is 17.0 Å². The Morgan fingerprint density at radius 1 is 1.11 bits per heavy atom. The van der Waals surface area contributed by atoms with Gasteiger partial charge in [0.05, 0.1) is 5.52 Å². The molecule has 2 N–H and O–H groups in total. The van der Waals surface area contributed by atoms with E-state index in [1.165, 1.54) is 6.07 Å². The predicted octanol–water partition coefficient (Wildman–Crippen LogP) is 3.41. The normalized spacial score (nSPS) is 10.8. The van der Waals surface area contributed by atoms with E-state index in [1.807, 2.05) is 37.4 Å². The van der Waals surface area contributed by atoms with Gasteiger partial charge in [-0.2, -0.15) is 0 Å². The van der Waals surface area contributed by atoms with Crippen LogP contribution in [0, 0.1) is 5.82 Å². The molecular weight excluding hydrogens is 229 g/mol. The Hall–Kier alpha value is -2.36. The highest BCUT2D eigenvalue weighted by Gasteiger charge is 2.08. The molecule has 0 atom stereocenters. The summed E-state index contributed by atoms with van der Waals surface area (Å²) in [6.07, 6.45) is 0. The van der Waals surface area contributed by atoms with Crippen molar-refractivity contribution in [1.82, 2.24) is 9.97 Å². The van der Waals surface area contributed by atoms with E-state index in [2.05, 4.69) is 15.3 Å². The molecule has 3 rings (SSSR count). The summed E-state index contributed by atoms with van der Waals surface area (Å²) in [5.74, 6) is 0.375. The predicted molar refractivity (Wildman–Crippen MR) is 71.0 cm³/mol. The summed E-state index contributed by atoms with van der Waals surface area (Å²) in [5, 5.41) is 3.05. The molecule has 0 radical (unpaired) electrons. The Morgan fingerprint density at radius 3 is 2.56 bits per heavy atom. The van der Waals surface area contributed by atoms with Crippen LogP contribution < -0.4 is 5.32 Å². The van der Waals surface area contributed by atoms with Crippen LogP contribution in [0.5, 0.6) is 0 Å². The third-order valence-corrected chi connectivity index (χ3v) is 2.91. The second kappa shape index (κ2) is 4.14. The van der Waals surface area contributed by atoms with Crippen LogP contribution in [0.15, 0.2) is 42.5 Å². The lowest BCUT2D eigenvalue weighted by Crippen LogP contribution is -1.87. The number of aromatic amines is 1. The first kappa shape index (κ1) is 10.8. The van der Waals surface area contributed by atoms with Gasteiger partial charge in [0.1, 0.15) is 11.3 Å².